The van der Waals surface area contributed by atoms with Crippen LogP contribution in [-0.2, 0) is 14.3 Å². The Morgan fingerprint density at radius 3 is 2.53 bits per heavy atom. The fraction of sp³-hybridized carbons (Fsp3) is 0.333. The van der Waals surface area contributed by atoms with Crippen LogP contribution >= 0.6 is 11.6 Å². The molecule has 0 aliphatic carbocycles. The molecule has 2 aromatic carbocycles. The second kappa shape index (κ2) is 10.1. The fourth-order valence-electron chi connectivity index (χ4n) is 3.62. The van der Waals surface area contributed by atoms with Crippen LogP contribution in [0.5, 0.6) is 11.5 Å². The second-order valence-corrected chi connectivity index (χ2v) is 7.95. The number of aliphatic hydroxyl groups excluding tert-OH is 1. The Labute approximate surface area is 192 Å². The van der Waals surface area contributed by atoms with Crippen molar-refractivity contribution in [1.29, 1.82) is 0 Å². The van der Waals surface area contributed by atoms with E-state index in [-0.39, 0.29) is 30.6 Å². The van der Waals surface area contributed by atoms with Gasteiger partial charge >= 0.3 is 0 Å². The van der Waals surface area contributed by atoms with Gasteiger partial charge in [-0.25, -0.2) is 0 Å². The zero-order valence-corrected chi connectivity index (χ0v) is 19.2. The van der Waals surface area contributed by atoms with Gasteiger partial charge in [0.2, 0.25) is 0 Å². The Bertz CT molecular complexity index is 1050. The molecule has 3 rings (SSSR count). The Hall–Kier alpha value is -3.03. The number of amides is 1. The van der Waals surface area contributed by atoms with Gasteiger partial charge in [0.05, 0.1) is 43.6 Å². The van der Waals surface area contributed by atoms with Crippen molar-refractivity contribution in [3.63, 3.8) is 0 Å². The molecule has 8 heteroatoms. The van der Waals surface area contributed by atoms with E-state index in [9.17, 15) is 14.7 Å². The highest BCUT2D eigenvalue weighted by atomic mass is 35.5. The van der Waals surface area contributed by atoms with Crippen molar-refractivity contribution < 1.29 is 28.9 Å². The van der Waals surface area contributed by atoms with E-state index in [4.69, 9.17) is 25.8 Å². The summed E-state index contributed by atoms with van der Waals surface area (Å²) in [5.74, 6) is -0.868. The Morgan fingerprint density at radius 2 is 1.88 bits per heavy atom. The number of ketones is 1. The highest BCUT2D eigenvalue weighted by molar-refractivity contribution is 6.46. The first-order valence-corrected chi connectivity index (χ1v) is 10.5. The summed E-state index contributed by atoms with van der Waals surface area (Å²) in [5.41, 5.74) is 0.934. The number of aliphatic hydroxyl groups is 1. The van der Waals surface area contributed by atoms with Gasteiger partial charge in [0.15, 0.2) is 0 Å². The third kappa shape index (κ3) is 4.74. The lowest BCUT2D eigenvalue weighted by molar-refractivity contribution is -0.140. The molecule has 1 aliphatic heterocycles. The van der Waals surface area contributed by atoms with Crippen LogP contribution in [0.15, 0.2) is 48.0 Å². The van der Waals surface area contributed by atoms with Crippen molar-refractivity contribution in [3.05, 3.63) is 64.2 Å². The predicted octanol–water partition coefficient (Wildman–Crippen LogP) is 4.20. The maximum atomic E-state index is 13.0. The number of ether oxygens (including phenoxy) is 3. The highest BCUT2D eigenvalue weighted by Gasteiger charge is 2.46. The standard InChI is InChI=1S/C24H26ClNO6/c1-14(2)32-11-10-26-21(15-6-5-7-17(12-15)30-3)20(23(28)24(26)29)22(27)16-8-9-18(25)19(13-16)31-4/h5-9,12-14,21,27H,10-11H2,1-4H3/b22-20-. The van der Waals surface area contributed by atoms with Crippen LogP contribution < -0.4 is 9.47 Å². The fourth-order valence-corrected chi connectivity index (χ4v) is 3.81. The molecular formula is C24H26ClNO6. The maximum absolute atomic E-state index is 13.0. The van der Waals surface area contributed by atoms with E-state index < -0.39 is 17.7 Å². The summed E-state index contributed by atoms with van der Waals surface area (Å²) in [6.07, 6.45) is -0.0244. The van der Waals surface area contributed by atoms with Gasteiger partial charge in [-0.1, -0.05) is 23.7 Å². The van der Waals surface area contributed by atoms with Gasteiger partial charge in [-0.2, -0.15) is 0 Å². The first kappa shape index (κ1) is 23.6. The lowest BCUT2D eigenvalue weighted by Crippen LogP contribution is -2.33. The number of rotatable bonds is 8. The number of carbonyl (C=O) groups excluding carboxylic acids is 2. The minimum atomic E-state index is -0.803. The number of methoxy groups -OCH3 is 2. The summed E-state index contributed by atoms with van der Waals surface area (Å²) in [4.78, 5) is 27.4. The van der Waals surface area contributed by atoms with Crippen molar-refractivity contribution >= 4 is 29.1 Å². The molecule has 1 saturated heterocycles. The molecule has 1 unspecified atom stereocenters. The summed E-state index contributed by atoms with van der Waals surface area (Å²) in [6.45, 7) is 4.22. The summed E-state index contributed by atoms with van der Waals surface area (Å²) < 4.78 is 16.1. The van der Waals surface area contributed by atoms with Crippen molar-refractivity contribution in [1.82, 2.24) is 4.90 Å². The van der Waals surface area contributed by atoms with E-state index in [1.165, 1.54) is 25.2 Å². The van der Waals surface area contributed by atoms with E-state index in [2.05, 4.69) is 0 Å². The van der Waals surface area contributed by atoms with Gasteiger partial charge in [-0.3, -0.25) is 9.59 Å². The molecule has 1 aliphatic rings. The normalized spacial score (nSPS) is 17.8. The molecule has 1 heterocycles. The molecule has 0 bridgehead atoms. The monoisotopic (exact) mass is 459 g/mol. The molecule has 32 heavy (non-hydrogen) atoms. The van der Waals surface area contributed by atoms with Crippen LogP contribution in [0, 0.1) is 0 Å². The van der Waals surface area contributed by atoms with Crippen LogP contribution in [0.4, 0.5) is 0 Å². The number of Topliss-reactive ketones (excluding diaryl/α,β-unsaturated/α-hetero) is 1. The Balaban J connectivity index is 2.13. The molecule has 0 radical (unpaired) electrons. The lowest BCUT2D eigenvalue weighted by atomic mass is 9.95. The largest absolute Gasteiger partial charge is 0.507 e. The molecule has 2 aromatic rings. The molecule has 0 aromatic heterocycles. The topological polar surface area (TPSA) is 85.3 Å². The van der Waals surface area contributed by atoms with Gasteiger partial charge in [0.1, 0.15) is 17.3 Å². The molecule has 1 fully saturated rings. The van der Waals surface area contributed by atoms with E-state index in [0.717, 1.165) is 0 Å². The molecule has 1 atom stereocenters. The minimum absolute atomic E-state index is 0.0165. The minimum Gasteiger partial charge on any atom is -0.507 e. The summed E-state index contributed by atoms with van der Waals surface area (Å²) in [6, 6.07) is 10.9. The smallest absolute Gasteiger partial charge is 0.295 e. The molecule has 170 valence electrons. The van der Waals surface area contributed by atoms with Gasteiger partial charge < -0.3 is 24.2 Å². The van der Waals surface area contributed by atoms with Crippen LogP contribution in [0.25, 0.3) is 5.76 Å². The molecule has 1 amide bonds. The zero-order chi connectivity index (χ0) is 23.4. The highest BCUT2D eigenvalue weighted by Crippen LogP contribution is 2.41. The summed E-state index contributed by atoms with van der Waals surface area (Å²) >= 11 is 6.10. The third-order valence-electron chi connectivity index (χ3n) is 5.16. The quantitative estimate of drug-likeness (QED) is 0.361. The van der Waals surface area contributed by atoms with E-state index in [1.807, 2.05) is 13.8 Å². The number of halogens is 1. The number of benzene rings is 2. The van der Waals surface area contributed by atoms with Crippen LogP contribution in [0.2, 0.25) is 5.02 Å². The van der Waals surface area contributed by atoms with Crippen molar-refractivity contribution in [3.8, 4) is 11.5 Å². The SMILES string of the molecule is COc1cccc(C2/C(=C(/O)c3ccc(Cl)c(OC)c3)C(=O)C(=O)N2CCOC(C)C)c1. The maximum Gasteiger partial charge on any atom is 0.295 e. The number of hydrogen-bond donors (Lipinski definition) is 1. The first-order chi connectivity index (χ1) is 15.3. The third-order valence-corrected chi connectivity index (χ3v) is 5.47. The number of hydrogen-bond acceptors (Lipinski definition) is 6. The molecule has 1 N–H and O–H groups in total. The van der Waals surface area contributed by atoms with E-state index >= 15 is 0 Å². The zero-order valence-electron chi connectivity index (χ0n) is 18.4. The number of carbonyl (C=O) groups is 2. The van der Waals surface area contributed by atoms with Crippen LogP contribution in [0.1, 0.15) is 31.0 Å². The van der Waals surface area contributed by atoms with Crippen LogP contribution in [0.3, 0.4) is 0 Å². The van der Waals surface area contributed by atoms with Gasteiger partial charge in [0.25, 0.3) is 11.7 Å². The average molecular weight is 460 g/mol. The number of nitrogens with zero attached hydrogens (tertiary/aromatic N) is 1. The van der Waals surface area contributed by atoms with Gasteiger partial charge in [-0.15, -0.1) is 0 Å². The van der Waals surface area contributed by atoms with E-state index in [0.29, 0.717) is 27.6 Å². The van der Waals surface area contributed by atoms with Gasteiger partial charge in [-0.05, 0) is 49.7 Å². The first-order valence-electron chi connectivity index (χ1n) is 10.2. The summed E-state index contributed by atoms with van der Waals surface area (Å²) in [5, 5.41) is 11.5. The lowest BCUT2D eigenvalue weighted by Gasteiger charge is -2.26. The Morgan fingerprint density at radius 1 is 1.12 bits per heavy atom. The molecule has 7 nitrogen and oxygen atoms in total. The predicted molar refractivity (Wildman–Crippen MR) is 121 cm³/mol. The number of likely N-dealkylation sites (tertiary alicyclic amines) is 1. The van der Waals surface area contributed by atoms with Crippen molar-refractivity contribution in [2.24, 2.45) is 0 Å². The average Bonchev–Trinajstić information content (AvgIpc) is 3.03. The van der Waals surface area contributed by atoms with Gasteiger partial charge in [0, 0.05) is 12.1 Å². The van der Waals surface area contributed by atoms with Crippen molar-refractivity contribution in [2.75, 3.05) is 27.4 Å². The molecule has 0 saturated carbocycles. The van der Waals surface area contributed by atoms with E-state index in [1.54, 1.807) is 36.4 Å². The summed E-state index contributed by atoms with van der Waals surface area (Å²) in [7, 11) is 2.99. The Kier molecular flexibility index (Phi) is 7.43. The van der Waals surface area contributed by atoms with Crippen LogP contribution in [-0.4, -0.2) is 55.2 Å². The second-order valence-electron chi connectivity index (χ2n) is 7.54. The molecular weight excluding hydrogens is 434 g/mol. The van der Waals surface area contributed by atoms with Crippen molar-refractivity contribution in [2.45, 2.75) is 26.0 Å². The molecule has 0 spiro atoms.